The maximum absolute atomic E-state index is 12.1. The number of hydrogen-bond acceptors (Lipinski definition) is 8. The van der Waals surface area contributed by atoms with Crippen molar-refractivity contribution in [2.45, 2.75) is 97.1 Å². The Morgan fingerprint density at radius 1 is 0.836 bits per heavy atom. The van der Waals surface area contributed by atoms with Crippen LogP contribution < -0.4 is 14.2 Å². The lowest BCUT2D eigenvalue weighted by molar-refractivity contribution is -0.144. The van der Waals surface area contributed by atoms with E-state index in [0.717, 1.165) is 64.1 Å². The quantitative estimate of drug-likeness (QED) is 0.143. The van der Waals surface area contributed by atoms with Gasteiger partial charge in [0.25, 0.3) is 0 Å². The minimum absolute atomic E-state index is 0.169. The molecule has 0 bridgehead atoms. The van der Waals surface area contributed by atoms with Crippen molar-refractivity contribution in [3.63, 3.8) is 0 Å². The van der Waals surface area contributed by atoms with Crippen molar-refractivity contribution in [2.75, 3.05) is 26.2 Å². The molecule has 4 heterocycles. The lowest BCUT2D eigenvalue weighted by atomic mass is 9.84. The predicted octanol–water partition coefficient (Wildman–Crippen LogP) is 9.13. The van der Waals surface area contributed by atoms with Gasteiger partial charge in [-0.15, -0.1) is 0 Å². The number of nitriles is 1. The molecule has 288 valence electrons. The van der Waals surface area contributed by atoms with Crippen molar-refractivity contribution in [3.8, 4) is 34.4 Å². The van der Waals surface area contributed by atoms with Crippen molar-refractivity contribution in [1.29, 1.82) is 5.26 Å². The second-order valence-electron chi connectivity index (χ2n) is 15.3. The number of rotatable bonds is 13. The van der Waals surface area contributed by atoms with Crippen LogP contribution in [-0.2, 0) is 24.6 Å². The second-order valence-corrected chi connectivity index (χ2v) is 15.7. The molecule has 0 radical (unpaired) electrons. The molecule has 1 N–H and O–H groups in total. The number of benzene rings is 3. The van der Waals surface area contributed by atoms with Gasteiger partial charge in [0, 0.05) is 48.1 Å². The highest BCUT2D eigenvalue weighted by molar-refractivity contribution is 6.32. The first-order valence-electron chi connectivity index (χ1n) is 19.7. The van der Waals surface area contributed by atoms with Gasteiger partial charge in [-0.25, -0.2) is 0 Å². The highest BCUT2D eigenvalue weighted by Crippen LogP contribution is 2.38. The van der Waals surface area contributed by atoms with E-state index in [1.54, 1.807) is 18.3 Å². The molecule has 3 aliphatic heterocycles. The summed E-state index contributed by atoms with van der Waals surface area (Å²) in [7, 11) is 0. The average Bonchev–Trinajstić information content (AvgIpc) is 3.20. The summed E-state index contributed by atoms with van der Waals surface area (Å²) in [6, 6.07) is 20.2. The molecule has 55 heavy (non-hydrogen) atoms. The summed E-state index contributed by atoms with van der Waals surface area (Å²) in [4.78, 5) is 20.9. The molecular formula is C45H51ClN4O5. The van der Waals surface area contributed by atoms with Crippen LogP contribution in [0.5, 0.6) is 17.2 Å². The zero-order chi connectivity index (χ0) is 38.3. The molecule has 0 aliphatic carbocycles. The van der Waals surface area contributed by atoms with Gasteiger partial charge < -0.3 is 19.3 Å². The minimum Gasteiger partial charge on any atom is -0.493 e. The molecule has 4 aromatic rings. The van der Waals surface area contributed by atoms with Crippen LogP contribution in [0, 0.1) is 31.1 Å². The molecular weight excluding hydrogens is 712 g/mol. The van der Waals surface area contributed by atoms with Gasteiger partial charge in [-0.1, -0.05) is 54.8 Å². The van der Waals surface area contributed by atoms with Gasteiger partial charge >= 0.3 is 5.97 Å². The van der Waals surface area contributed by atoms with E-state index < -0.39 is 12.0 Å². The van der Waals surface area contributed by atoms with Gasteiger partial charge in [0.2, 0.25) is 0 Å². The van der Waals surface area contributed by atoms with Crippen molar-refractivity contribution < 1.29 is 24.1 Å². The first kappa shape index (κ1) is 38.6. The number of carboxylic acid groups (broad SMARTS) is 1. The standard InChI is InChI=1S/C45H51ClN4O5/c1-30-34(10-7-12-37(30)38-13-8-16-42(31(38)2)54-29-35-11-9-19-49-17-5-3-14-40(35)49)28-55-44-22-43(53-27-33-20-32(23-47)24-48-25-33)36(21-39(44)46)26-50-18-6-4-15-41(50)45(51)52/h7-8,10,12-13,16,20-22,24-25,35,40-41H,3-6,9,11,14-15,17-19,26-29H2,1-2H3,(H,51,52)/t35-,40+,41?/m0/s1. The Morgan fingerprint density at radius 2 is 1.60 bits per heavy atom. The fourth-order valence-corrected chi connectivity index (χ4v) is 8.97. The zero-order valence-electron chi connectivity index (χ0n) is 31.9. The van der Waals surface area contributed by atoms with Crippen molar-refractivity contribution >= 4 is 17.6 Å². The highest BCUT2D eigenvalue weighted by atomic mass is 35.5. The number of hydrogen-bond donors (Lipinski definition) is 1. The summed E-state index contributed by atoms with van der Waals surface area (Å²) in [5.41, 5.74) is 7.51. The van der Waals surface area contributed by atoms with Crippen molar-refractivity contribution in [3.05, 3.63) is 105 Å². The number of halogens is 1. The summed E-state index contributed by atoms with van der Waals surface area (Å²) >= 11 is 6.89. The van der Waals surface area contributed by atoms with Crippen LogP contribution in [0.3, 0.4) is 0 Å². The van der Waals surface area contributed by atoms with E-state index >= 15 is 0 Å². The Hall–Kier alpha value is -4.62. The molecule has 1 unspecified atom stereocenters. The van der Waals surface area contributed by atoms with Crippen LogP contribution in [0.4, 0.5) is 0 Å². The molecule has 0 spiro atoms. The topological polar surface area (TPSA) is 108 Å². The number of pyridine rings is 1. The van der Waals surface area contributed by atoms with Gasteiger partial charge in [0.15, 0.2) is 0 Å². The van der Waals surface area contributed by atoms with Gasteiger partial charge in [0.05, 0.1) is 17.2 Å². The SMILES string of the molecule is Cc1c(COc2cc(OCc3cncc(C#N)c3)c(CN3CCCCC3C(=O)O)cc2Cl)cccc1-c1cccc(OC[C@@H]2CCCN3CCCC[C@H]23)c1C. The molecule has 3 aromatic carbocycles. The lowest BCUT2D eigenvalue weighted by Gasteiger charge is -2.44. The summed E-state index contributed by atoms with van der Waals surface area (Å²) in [5.74, 6) is 1.70. The van der Waals surface area contributed by atoms with Crippen LogP contribution in [0.2, 0.25) is 5.02 Å². The van der Waals surface area contributed by atoms with Crippen LogP contribution in [-0.4, -0.2) is 64.2 Å². The molecule has 10 heteroatoms. The average molecular weight is 763 g/mol. The Balaban J connectivity index is 1.09. The third-order valence-corrected chi connectivity index (χ3v) is 12.1. The molecule has 9 nitrogen and oxygen atoms in total. The predicted molar refractivity (Wildman–Crippen MR) is 214 cm³/mol. The van der Waals surface area contributed by atoms with Crippen LogP contribution in [0.1, 0.15) is 84.7 Å². The van der Waals surface area contributed by atoms with E-state index in [-0.39, 0.29) is 13.2 Å². The lowest BCUT2D eigenvalue weighted by Crippen LogP contribution is -2.49. The number of ether oxygens (including phenoxy) is 3. The monoisotopic (exact) mass is 762 g/mol. The number of carbonyl (C=O) groups is 1. The number of nitrogens with zero attached hydrogens (tertiary/aromatic N) is 4. The Morgan fingerprint density at radius 3 is 2.44 bits per heavy atom. The molecule has 0 saturated carbocycles. The number of piperidine rings is 3. The largest absolute Gasteiger partial charge is 0.493 e. The molecule has 7 rings (SSSR count). The van der Waals surface area contributed by atoms with E-state index in [4.69, 9.17) is 25.8 Å². The van der Waals surface area contributed by atoms with E-state index in [9.17, 15) is 15.2 Å². The first-order valence-corrected chi connectivity index (χ1v) is 20.1. The summed E-state index contributed by atoms with van der Waals surface area (Å²) in [6.07, 6.45) is 12.0. The minimum atomic E-state index is -0.824. The first-order chi connectivity index (χ1) is 26.8. The number of carboxylic acids is 1. The van der Waals surface area contributed by atoms with Crippen LogP contribution in [0.15, 0.2) is 67.0 Å². The van der Waals surface area contributed by atoms with Crippen molar-refractivity contribution in [2.24, 2.45) is 5.92 Å². The number of likely N-dealkylation sites (tertiary alicyclic amines) is 1. The molecule has 3 atom stereocenters. The van der Waals surface area contributed by atoms with E-state index in [1.165, 1.54) is 51.4 Å². The summed E-state index contributed by atoms with van der Waals surface area (Å²) in [6.45, 7) is 8.98. The Labute approximate surface area is 329 Å². The fraction of sp³-hybridized carbons (Fsp3) is 0.444. The van der Waals surface area contributed by atoms with Gasteiger partial charge in [-0.3, -0.25) is 19.6 Å². The molecule has 3 aliphatic rings. The third-order valence-electron chi connectivity index (χ3n) is 11.8. The van der Waals surface area contributed by atoms with E-state index in [1.807, 2.05) is 11.0 Å². The number of aromatic nitrogens is 1. The number of fused-ring (bicyclic) bond motifs is 1. The Kier molecular flexibility index (Phi) is 12.6. The zero-order valence-corrected chi connectivity index (χ0v) is 32.7. The summed E-state index contributed by atoms with van der Waals surface area (Å²) < 4.78 is 19.4. The van der Waals surface area contributed by atoms with Crippen LogP contribution in [0.25, 0.3) is 11.1 Å². The third kappa shape index (κ3) is 9.10. The van der Waals surface area contributed by atoms with Gasteiger partial charge in [0.1, 0.15) is 42.6 Å². The smallest absolute Gasteiger partial charge is 0.320 e. The highest BCUT2D eigenvalue weighted by Gasteiger charge is 2.33. The number of aliphatic carboxylic acids is 1. The van der Waals surface area contributed by atoms with E-state index in [0.29, 0.717) is 53.6 Å². The van der Waals surface area contributed by atoms with Gasteiger partial charge in [-0.2, -0.15) is 5.26 Å². The van der Waals surface area contributed by atoms with Crippen LogP contribution >= 0.6 is 11.6 Å². The summed E-state index contributed by atoms with van der Waals surface area (Å²) in [5, 5.41) is 19.7. The molecule has 3 fully saturated rings. The van der Waals surface area contributed by atoms with Gasteiger partial charge in [-0.05, 0) is 118 Å². The Bertz CT molecular complexity index is 2030. The normalized spacial score (nSPS) is 20.3. The van der Waals surface area contributed by atoms with E-state index in [2.05, 4.69) is 66.2 Å². The fourth-order valence-electron chi connectivity index (χ4n) is 8.73. The molecule has 1 aromatic heterocycles. The molecule has 0 amide bonds. The molecule has 3 saturated heterocycles. The maximum Gasteiger partial charge on any atom is 0.320 e. The van der Waals surface area contributed by atoms with Crippen molar-refractivity contribution in [1.82, 2.24) is 14.8 Å². The second kappa shape index (κ2) is 17.9. The maximum atomic E-state index is 12.1.